The van der Waals surface area contributed by atoms with Crippen molar-refractivity contribution < 1.29 is 17.9 Å². The first kappa shape index (κ1) is 21.9. The Kier molecular flexibility index (Phi) is 7.42. The Bertz CT molecular complexity index is 741. The van der Waals surface area contributed by atoms with Gasteiger partial charge in [0.15, 0.2) is 9.84 Å². The number of carbonyl (C=O) groups excluding carboxylic acids is 1. The van der Waals surface area contributed by atoms with Crippen LogP contribution in [0.5, 0.6) is 0 Å². The first-order chi connectivity index (χ1) is 12.6. The summed E-state index contributed by atoms with van der Waals surface area (Å²) in [4.78, 5) is 14.9. The van der Waals surface area contributed by atoms with Crippen molar-refractivity contribution in [2.24, 2.45) is 0 Å². The quantitative estimate of drug-likeness (QED) is 0.767. The lowest BCUT2D eigenvalue weighted by Gasteiger charge is -2.34. The van der Waals surface area contributed by atoms with Gasteiger partial charge in [0.05, 0.1) is 23.7 Å². The smallest absolute Gasteiger partial charge is 0.244 e. The van der Waals surface area contributed by atoms with Crippen molar-refractivity contribution in [3.63, 3.8) is 0 Å². The molecular weight excluding hydrogens is 364 g/mol. The first-order valence-electron chi connectivity index (χ1n) is 9.58. The summed E-state index contributed by atoms with van der Waals surface area (Å²) in [6, 6.07) is 6.75. The Morgan fingerprint density at radius 2 is 2.07 bits per heavy atom. The highest BCUT2D eigenvalue weighted by Gasteiger charge is 2.30. The van der Waals surface area contributed by atoms with Crippen molar-refractivity contribution in [3.05, 3.63) is 29.8 Å². The molecule has 1 N–H and O–H groups in total. The summed E-state index contributed by atoms with van der Waals surface area (Å²) in [5, 5.41) is 2.93. The Balaban J connectivity index is 2.07. The minimum Gasteiger partial charge on any atom is -0.378 e. The highest BCUT2D eigenvalue weighted by Crippen LogP contribution is 2.22. The molecule has 0 aromatic heterocycles. The molecule has 1 unspecified atom stereocenters. The van der Waals surface area contributed by atoms with E-state index in [1.54, 1.807) is 45.0 Å². The molecule has 1 aliphatic heterocycles. The zero-order valence-corrected chi connectivity index (χ0v) is 17.6. The van der Waals surface area contributed by atoms with E-state index in [-0.39, 0.29) is 17.7 Å². The highest BCUT2D eigenvalue weighted by molar-refractivity contribution is 7.91. The van der Waals surface area contributed by atoms with E-state index in [4.69, 9.17) is 4.74 Å². The summed E-state index contributed by atoms with van der Waals surface area (Å²) in [5.74, 6) is -0.156. The van der Waals surface area contributed by atoms with Crippen LogP contribution in [-0.2, 0) is 25.1 Å². The monoisotopic (exact) mass is 396 g/mol. The molecule has 1 aromatic carbocycles. The molecule has 7 heteroatoms. The summed E-state index contributed by atoms with van der Waals surface area (Å²) in [6.45, 7) is 9.88. The minimum atomic E-state index is -3.28. The molecule has 0 saturated carbocycles. The fourth-order valence-electron chi connectivity index (χ4n) is 2.91. The number of unbranched alkanes of at least 4 members (excludes halogenated alkanes) is 1. The molecule has 1 amide bonds. The van der Waals surface area contributed by atoms with E-state index in [1.807, 2.05) is 0 Å². The van der Waals surface area contributed by atoms with Gasteiger partial charge in [-0.15, -0.1) is 0 Å². The summed E-state index contributed by atoms with van der Waals surface area (Å²) in [5.41, 5.74) is 1.29. The van der Waals surface area contributed by atoms with Crippen LogP contribution in [0.1, 0.15) is 46.1 Å². The number of hydrogen-bond donors (Lipinski definition) is 1. The average Bonchev–Trinajstić information content (AvgIpc) is 2.59. The maximum Gasteiger partial charge on any atom is 0.244 e. The van der Waals surface area contributed by atoms with Crippen LogP contribution in [0, 0.1) is 0 Å². The molecule has 1 aliphatic rings. The lowest BCUT2D eigenvalue weighted by molar-refractivity contribution is -0.127. The first-order valence-corrected chi connectivity index (χ1v) is 11.2. The van der Waals surface area contributed by atoms with Gasteiger partial charge >= 0.3 is 0 Å². The molecule has 152 valence electrons. The number of carbonyl (C=O) groups is 1. The summed E-state index contributed by atoms with van der Waals surface area (Å²) in [6.07, 6.45) is 2.12. The fraction of sp³-hybridized carbons (Fsp3) is 0.650. The third kappa shape index (κ3) is 6.02. The number of rotatable bonds is 7. The van der Waals surface area contributed by atoms with Gasteiger partial charge in [-0.2, -0.15) is 0 Å². The van der Waals surface area contributed by atoms with Crippen LogP contribution in [0.25, 0.3) is 0 Å². The van der Waals surface area contributed by atoms with E-state index < -0.39 is 14.6 Å². The molecule has 0 radical (unpaired) electrons. The number of hydrogen-bond acceptors (Lipinski definition) is 5. The number of ether oxygens (including phenoxy) is 1. The Morgan fingerprint density at radius 1 is 1.33 bits per heavy atom. The van der Waals surface area contributed by atoms with E-state index >= 15 is 0 Å². The molecule has 0 spiro atoms. The molecule has 2 rings (SSSR count). The van der Waals surface area contributed by atoms with Gasteiger partial charge in [0.1, 0.15) is 6.04 Å². The van der Waals surface area contributed by atoms with Crippen LogP contribution < -0.4 is 5.32 Å². The van der Waals surface area contributed by atoms with Gasteiger partial charge < -0.3 is 10.1 Å². The lowest BCUT2D eigenvalue weighted by Crippen LogP contribution is -2.52. The molecule has 6 nitrogen and oxygen atoms in total. The van der Waals surface area contributed by atoms with Gasteiger partial charge in [0.2, 0.25) is 5.91 Å². The third-order valence-electron chi connectivity index (χ3n) is 4.83. The zero-order chi connectivity index (χ0) is 20.1. The van der Waals surface area contributed by atoms with Crippen LogP contribution in [0.3, 0.4) is 0 Å². The number of nitrogens with one attached hydrogen (secondary N) is 1. The second kappa shape index (κ2) is 9.17. The second-order valence-corrected chi connectivity index (χ2v) is 10.8. The van der Waals surface area contributed by atoms with E-state index in [9.17, 15) is 13.2 Å². The van der Waals surface area contributed by atoms with Crippen LogP contribution in [0.15, 0.2) is 24.3 Å². The molecule has 1 fully saturated rings. The van der Waals surface area contributed by atoms with Crippen molar-refractivity contribution in [1.29, 1.82) is 0 Å². The molecule has 1 heterocycles. The second-order valence-electron chi connectivity index (χ2n) is 8.04. The lowest BCUT2D eigenvalue weighted by atomic mass is 10.1. The SMILES string of the molecule is CCCCN1CCOCC1C(=O)Nc1cccc(CS(=O)(=O)C(C)(C)C)c1. The predicted octanol–water partition coefficient (Wildman–Crippen LogP) is 2.84. The Hall–Kier alpha value is -1.44. The van der Waals surface area contributed by atoms with Crippen molar-refractivity contribution >= 4 is 21.4 Å². The number of anilines is 1. The Labute approximate surface area is 163 Å². The van der Waals surface area contributed by atoms with Gasteiger partial charge in [-0.1, -0.05) is 25.5 Å². The van der Waals surface area contributed by atoms with E-state index in [0.717, 1.165) is 25.9 Å². The number of nitrogens with zero attached hydrogens (tertiary/aromatic N) is 1. The molecule has 1 aromatic rings. The number of sulfone groups is 1. The van der Waals surface area contributed by atoms with Crippen LogP contribution in [0.2, 0.25) is 0 Å². The largest absolute Gasteiger partial charge is 0.378 e. The molecule has 1 atom stereocenters. The normalized spacial score (nSPS) is 19.0. The van der Waals surface area contributed by atoms with Crippen molar-refractivity contribution in [3.8, 4) is 0 Å². The van der Waals surface area contributed by atoms with Crippen molar-refractivity contribution in [1.82, 2.24) is 4.90 Å². The van der Waals surface area contributed by atoms with Crippen LogP contribution in [-0.4, -0.2) is 56.3 Å². The fourth-order valence-corrected chi connectivity index (χ4v) is 3.96. The molecule has 0 bridgehead atoms. The average molecular weight is 397 g/mol. The standard InChI is InChI=1S/C20H32N2O4S/c1-5-6-10-22-11-12-26-14-18(22)19(23)21-17-9-7-8-16(13-17)15-27(24,25)20(2,3)4/h7-9,13,18H,5-6,10-12,14-15H2,1-4H3,(H,21,23). The zero-order valence-electron chi connectivity index (χ0n) is 16.8. The number of amides is 1. The third-order valence-corrected chi connectivity index (χ3v) is 7.40. The van der Waals surface area contributed by atoms with Gasteiger partial charge in [-0.05, 0) is 51.4 Å². The van der Waals surface area contributed by atoms with Crippen LogP contribution >= 0.6 is 0 Å². The number of morpholine rings is 1. The summed E-state index contributed by atoms with van der Waals surface area (Å²) < 4.78 is 29.6. The highest BCUT2D eigenvalue weighted by atomic mass is 32.2. The maximum absolute atomic E-state index is 12.7. The van der Waals surface area contributed by atoms with Gasteiger partial charge in [0, 0.05) is 12.2 Å². The minimum absolute atomic E-state index is 0.0463. The molecular formula is C20H32N2O4S. The summed E-state index contributed by atoms with van der Waals surface area (Å²) in [7, 11) is -3.28. The van der Waals surface area contributed by atoms with Gasteiger partial charge in [-0.3, -0.25) is 9.69 Å². The molecule has 27 heavy (non-hydrogen) atoms. The Morgan fingerprint density at radius 3 is 2.74 bits per heavy atom. The van der Waals surface area contributed by atoms with E-state index in [2.05, 4.69) is 17.1 Å². The van der Waals surface area contributed by atoms with E-state index in [0.29, 0.717) is 24.5 Å². The van der Waals surface area contributed by atoms with Gasteiger partial charge in [-0.25, -0.2) is 8.42 Å². The molecule has 1 saturated heterocycles. The van der Waals surface area contributed by atoms with Crippen LogP contribution in [0.4, 0.5) is 5.69 Å². The predicted molar refractivity (Wildman–Crippen MR) is 109 cm³/mol. The van der Waals surface area contributed by atoms with Gasteiger partial charge in [0.25, 0.3) is 0 Å². The number of benzene rings is 1. The topological polar surface area (TPSA) is 75.7 Å². The summed E-state index contributed by atoms with van der Waals surface area (Å²) >= 11 is 0. The van der Waals surface area contributed by atoms with E-state index in [1.165, 1.54) is 0 Å². The molecule has 0 aliphatic carbocycles. The maximum atomic E-state index is 12.7. The van der Waals surface area contributed by atoms with Crippen molar-refractivity contribution in [2.45, 2.75) is 57.1 Å². The van der Waals surface area contributed by atoms with Crippen molar-refractivity contribution in [2.75, 3.05) is 31.6 Å².